The van der Waals surface area contributed by atoms with Crippen LogP contribution in [0.4, 0.5) is 0 Å². The minimum absolute atomic E-state index is 0.0308. The number of fused-ring (bicyclic) bond motifs is 1. The molecular formula is C26H37NO2. The zero-order valence-electron chi connectivity index (χ0n) is 19.3. The Hall–Kier alpha value is -1.71. The molecule has 0 radical (unpaired) electrons. The molecule has 29 heavy (non-hydrogen) atoms. The highest BCUT2D eigenvalue weighted by atomic mass is 16.3. The Morgan fingerprint density at radius 2 is 1.69 bits per heavy atom. The molecule has 0 aliphatic heterocycles. The van der Waals surface area contributed by atoms with Crippen molar-refractivity contribution < 1.29 is 10.2 Å². The Kier molecular flexibility index (Phi) is 5.70. The van der Waals surface area contributed by atoms with Crippen molar-refractivity contribution in [1.82, 2.24) is 4.98 Å². The molecule has 2 atom stereocenters. The first-order chi connectivity index (χ1) is 13.3. The summed E-state index contributed by atoms with van der Waals surface area (Å²) in [5.74, 6) is 0.194. The zero-order valence-corrected chi connectivity index (χ0v) is 19.3. The fraction of sp³-hybridized carbons (Fsp3) is 0.577. The van der Waals surface area contributed by atoms with Gasteiger partial charge in [0.1, 0.15) is 6.10 Å². The van der Waals surface area contributed by atoms with Gasteiger partial charge in [0.15, 0.2) is 0 Å². The van der Waals surface area contributed by atoms with Gasteiger partial charge in [-0.3, -0.25) is 4.98 Å². The van der Waals surface area contributed by atoms with Crippen LogP contribution in [0.3, 0.4) is 0 Å². The Morgan fingerprint density at radius 1 is 1.10 bits per heavy atom. The highest BCUT2D eigenvalue weighted by molar-refractivity contribution is 5.48. The number of aliphatic hydroxyl groups excluding tert-OH is 2. The average molecular weight is 396 g/mol. The molecule has 158 valence electrons. The molecule has 1 aliphatic carbocycles. The molecule has 0 saturated heterocycles. The molecule has 0 spiro atoms. The van der Waals surface area contributed by atoms with E-state index in [-0.39, 0.29) is 16.7 Å². The molecule has 1 heterocycles. The summed E-state index contributed by atoms with van der Waals surface area (Å²) in [6.07, 6.45) is 0.300. The van der Waals surface area contributed by atoms with Gasteiger partial charge in [0.2, 0.25) is 0 Å². The maximum Gasteiger partial charge on any atom is 0.106 e. The minimum Gasteiger partial charge on any atom is -0.388 e. The minimum atomic E-state index is -0.749. The summed E-state index contributed by atoms with van der Waals surface area (Å²) >= 11 is 0. The molecule has 3 nitrogen and oxygen atoms in total. The van der Waals surface area contributed by atoms with Crippen molar-refractivity contribution in [1.29, 1.82) is 0 Å². The van der Waals surface area contributed by atoms with Crippen LogP contribution in [0.1, 0.15) is 112 Å². The first-order valence-corrected chi connectivity index (χ1v) is 10.8. The van der Waals surface area contributed by atoms with Crippen LogP contribution in [-0.2, 0) is 11.8 Å². The number of aromatic nitrogens is 1. The Labute approximate surface area is 176 Å². The normalized spacial score (nSPS) is 19.9. The molecule has 0 saturated carbocycles. The predicted octanol–water partition coefficient (Wildman–Crippen LogP) is 5.90. The fourth-order valence-electron chi connectivity index (χ4n) is 4.66. The van der Waals surface area contributed by atoms with Crippen molar-refractivity contribution in [3.05, 3.63) is 63.5 Å². The number of nitrogens with zero attached hydrogens (tertiary/aromatic N) is 1. The summed E-state index contributed by atoms with van der Waals surface area (Å²) in [5.41, 5.74) is 6.94. The van der Waals surface area contributed by atoms with Crippen molar-refractivity contribution in [2.75, 3.05) is 0 Å². The van der Waals surface area contributed by atoms with Crippen LogP contribution >= 0.6 is 0 Å². The fourth-order valence-corrected chi connectivity index (χ4v) is 4.66. The first kappa shape index (κ1) is 22.0. The molecule has 3 heteroatoms. The van der Waals surface area contributed by atoms with Gasteiger partial charge in [-0.1, -0.05) is 72.7 Å². The standard InChI is InChI=1S/C26H37NO2/c1-15(2)23-22(24(29)17-9-11-18(12-10-17)25(4,5)6)16(3)21-19(27-23)13-26(7,8)14-20(21)28/h9-12,15,20,24,28-29H,13-14H2,1-8H3/t20-,24?/m0/s1. The van der Waals surface area contributed by atoms with Crippen molar-refractivity contribution in [3.8, 4) is 0 Å². The number of aliphatic hydroxyl groups is 2. The van der Waals surface area contributed by atoms with Crippen LogP contribution < -0.4 is 0 Å². The summed E-state index contributed by atoms with van der Waals surface area (Å²) in [6, 6.07) is 8.25. The maximum atomic E-state index is 11.4. The van der Waals surface area contributed by atoms with Gasteiger partial charge in [0, 0.05) is 22.5 Å². The summed E-state index contributed by atoms with van der Waals surface area (Å²) in [7, 11) is 0. The number of benzene rings is 1. The van der Waals surface area contributed by atoms with E-state index in [1.807, 2.05) is 19.1 Å². The van der Waals surface area contributed by atoms with Crippen LogP contribution in [-0.4, -0.2) is 15.2 Å². The molecule has 0 amide bonds. The van der Waals surface area contributed by atoms with Crippen molar-refractivity contribution in [2.45, 2.75) is 91.8 Å². The van der Waals surface area contributed by atoms with E-state index in [0.29, 0.717) is 0 Å². The molecule has 0 fully saturated rings. The molecule has 0 bridgehead atoms. The van der Waals surface area contributed by atoms with Gasteiger partial charge in [-0.25, -0.2) is 0 Å². The lowest BCUT2D eigenvalue weighted by molar-refractivity contribution is 0.0968. The second-order valence-electron chi connectivity index (χ2n) is 10.9. The second-order valence-corrected chi connectivity index (χ2v) is 10.9. The van der Waals surface area contributed by atoms with Gasteiger partial charge < -0.3 is 10.2 Å². The van der Waals surface area contributed by atoms with Gasteiger partial charge >= 0.3 is 0 Å². The number of hydrogen-bond acceptors (Lipinski definition) is 3. The van der Waals surface area contributed by atoms with E-state index in [1.165, 1.54) is 5.56 Å². The largest absolute Gasteiger partial charge is 0.388 e. The Bertz CT molecular complexity index is 888. The summed E-state index contributed by atoms with van der Waals surface area (Å²) in [4.78, 5) is 5.00. The third kappa shape index (κ3) is 4.27. The molecule has 3 rings (SSSR count). The van der Waals surface area contributed by atoms with Crippen LogP contribution in [0.15, 0.2) is 24.3 Å². The highest BCUT2D eigenvalue weighted by Gasteiger charge is 2.36. The topological polar surface area (TPSA) is 53.4 Å². The zero-order chi connectivity index (χ0) is 21.7. The van der Waals surface area contributed by atoms with Gasteiger partial charge in [0.25, 0.3) is 0 Å². The van der Waals surface area contributed by atoms with E-state index >= 15 is 0 Å². The van der Waals surface area contributed by atoms with Crippen molar-refractivity contribution in [2.24, 2.45) is 5.41 Å². The lowest BCUT2D eigenvalue weighted by atomic mass is 9.72. The third-order valence-electron chi connectivity index (χ3n) is 6.29. The van der Waals surface area contributed by atoms with E-state index in [2.05, 4.69) is 60.6 Å². The van der Waals surface area contributed by atoms with E-state index in [1.54, 1.807) is 0 Å². The number of pyridine rings is 1. The van der Waals surface area contributed by atoms with Crippen LogP contribution in [0, 0.1) is 12.3 Å². The van der Waals surface area contributed by atoms with E-state index in [0.717, 1.165) is 46.5 Å². The van der Waals surface area contributed by atoms with E-state index in [9.17, 15) is 10.2 Å². The van der Waals surface area contributed by atoms with Crippen LogP contribution in [0.5, 0.6) is 0 Å². The smallest absolute Gasteiger partial charge is 0.106 e. The SMILES string of the molecule is Cc1c(C(O)c2ccc(C(C)(C)C)cc2)c(C(C)C)nc2c1[C@@H](O)CC(C)(C)C2. The molecule has 1 aromatic heterocycles. The first-order valence-electron chi connectivity index (χ1n) is 10.8. The molecule has 1 unspecified atom stereocenters. The number of hydrogen-bond donors (Lipinski definition) is 2. The summed E-state index contributed by atoms with van der Waals surface area (Å²) in [6.45, 7) is 17.2. The quantitative estimate of drug-likeness (QED) is 0.680. The second kappa shape index (κ2) is 7.52. The van der Waals surface area contributed by atoms with Crippen LogP contribution in [0.2, 0.25) is 0 Å². The highest BCUT2D eigenvalue weighted by Crippen LogP contribution is 2.44. The molecule has 2 N–H and O–H groups in total. The number of rotatable bonds is 3. The predicted molar refractivity (Wildman–Crippen MR) is 119 cm³/mol. The van der Waals surface area contributed by atoms with E-state index < -0.39 is 12.2 Å². The van der Waals surface area contributed by atoms with Crippen LogP contribution in [0.25, 0.3) is 0 Å². The molecule has 2 aromatic rings. The lowest BCUT2D eigenvalue weighted by Gasteiger charge is -2.36. The van der Waals surface area contributed by atoms with Gasteiger partial charge in [-0.2, -0.15) is 0 Å². The van der Waals surface area contributed by atoms with Crippen molar-refractivity contribution >= 4 is 0 Å². The summed E-state index contributed by atoms with van der Waals surface area (Å²) < 4.78 is 0. The summed E-state index contributed by atoms with van der Waals surface area (Å²) in [5, 5.41) is 22.3. The Morgan fingerprint density at radius 3 is 2.21 bits per heavy atom. The molecule has 1 aromatic carbocycles. The maximum absolute atomic E-state index is 11.4. The van der Waals surface area contributed by atoms with Crippen molar-refractivity contribution in [3.63, 3.8) is 0 Å². The van der Waals surface area contributed by atoms with Gasteiger partial charge in [-0.15, -0.1) is 0 Å². The van der Waals surface area contributed by atoms with Gasteiger partial charge in [0.05, 0.1) is 6.10 Å². The lowest BCUT2D eigenvalue weighted by Crippen LogP contribution is -2.29. The third-order valence-corrected chi connectivity index (χ3v) is 6.29. The van der Waals surface area contributed by atoms with Gasteiger partial charge in [-0.05, 0) is 53.2 Å². The monoisotopic (exact) mass is 395 g/mol. The average Bonchev–Trinajstić information content (AvgIpc) is 2.58. The Balaban J connectivity index is 2.12. The molecule has 1 aliphatic rings. The van der Waals surface area contributed by atoms with E-state index in [4.69, 9.17) is 4.98 Å². The molecular weight excluding hydrogens is 358 g/mol.